The van der Waals surface area contributed by atoms with Crippen molar-refractivity contribution in [3.8, 4) is 0 Å². The Morgan fingerprint density at radius 2 is 2.22 bits per heavy atom. The maximum atomic E-state index is 12.0. The highest BCUT2D eigenvalue weighted by Gasteiger charge is 2.23. The maximum Gasteiger partial charge on any atom is 0.270 e. The fraction of sp³-hybridized carbons (Fsp3) is 0.400. The van der Waals surface area contributed by atoms with Crippen LogP contribution in [-0.2, 0) is 10.0 Å². The molecule has 0 aromatic heterocycles. The first-order valence-electron chi connectivity index (χ1n) is 5.46. The summed E-state index contributed by atoms with van der Waals surface area (Å²) in [4.78, 5) is 9.91. The standard InChI is InChI=1S/C10H13N3O4S/c14-13(15)9-2-1-3-10(6-9)18(16,17)12-8-4-5-11-7-8/h1-3,6,8,11-12H,4-5,7H2/t8-/m1/s1. The van der Waals surface area contributed by atoms with Crippen molar-refractivity contribution in [1.29, 1.82) is 0 Å². The third kappa shape index (κ3) is 2.84. The molecule has 98 valence electrons. The first kappa shape index (κ1) is 12.9. The van der Waals surface area contributed by atoms with Gasteiger partial charge in [-0.2, -0.15) is 0 Å². The number of non-ortho nitro benzene ring substituents is 1. The molecule has 1 aliphatic heterocycles. The number of sulfonamides is 1. The Labute approximate surface area is 104 Å². The van der Waals surface area contributed by atoms with Gasteiger partial charge in [-0.15, -0.1) is 0 Å². The summed E-state index contributed by atoms with van der Waals surface area (Å²) < 4.78 is 26.5. The van der Waals surface area contributed by atoms with Crippen LogP contribution in [0.2, 0.25) is 0 Å². The minimum atomic E-state index is -3.69. The highest BCUT2D eigenvalue weighted by atomic mass is 32.2. The normalized spacial score (nSPS) is 19.9. The van der Waals surface area contributed by atoms with Crippen molar-refractivity contribution in [3.05, 3.63) is 34.4 Å². The number of nitro benzene ring substituents is 1. The van der Waals surface area contributed by atoms with E-state index in [0.29, 0.717) is 13.0 Å². The van der Waals surface area contributed by atoms with Crippen molar-refractivity contribution in [2.45, 2.75) is 17.4 Å². The number of hydrogen-bond acceptors (Lipinski definition) is 5. The van der Waals surface area contributed by atoms with E-state index in [4.69, 9.17) is 0 Å². The summed E-state index contributed by atoms with van der Waals surface area (Å²) in [7, 11) is -3.69. The number of hydrogen-bond donors (Lipinski definition) is 2. The van der Waals surface area contributed by atoms with E-state index in [1.165, 1.54) is 18.2 Å². The lowest BCUT2D eigenvalue weighted by Gasteiger charge is -2.11. The van der Waals surface area contributed by atoms with Gasteiger partial charge in [0.2, 0.25) is 10.0 Å². The molecule has 0 spiro atoms. The second-order valence-electron chi connectivity index (χ2n) is 4.07. The molecule has 18 heavy (non-hydrogen) atoms. The van der Waals surface area contributed by atoms with Gasteiger partial charge in [-0.1, -0.05) is 6.07 Å². The van der Waals surface area contributed by atoms with Crippen LogP contribution in [-0.4, -0.2) is 32.5 Å². The van der Waals surface area contributed by atoms with Gasteiger partial charge in [0.15, 0.2) is 0 Å². The van der Waals surface area contributed by atoms with Crippen LogP contribution in [0.1, 0.15) is 6.42 Å². The minimum Gasteiger partial charge on any atom is -0.315 e. The zero-order valence-electron chi connectivity index (χ0n) is 9.50. The molecule has 0 amide bonds. The summed E-state index contributed by atoms with van der Waals surface area (Å²) in [6.07, 6.45) is 0.716. The molecule has 0 bridgehead atoms. The van der Waals surface area contributed by atoms with Crippen LogP contribution in [0.4, 0.5) is 5.69 Å². The Hall–Kier alpha value is -1.51. The minimum absolute atomic E-state index is 0.0800. The highest BCUT2D eigenvalue weighted by Crippen LogP contribution is 2.17. The zero-order chi connectivity index (χ0) is 13.2. The molecular formula is C10H13N3O4S. The fourth-order valence-electron chi connectivity index (χ4n) is 1.81. The molecule has 2 rings (SSSR count). The van der Waals surface area contributed by atoms with E-state index >= 15 is 0 Å². The van der Waals surface area contributed by atoms with Gasteiger partial charge in [0, 0.05) is 24.7 Å². The average molecular weight is 271 g/mol. The van der Waals surface area contributed by atoms with Crippen molar-refractivity contribution < 1.29 is 13.3 Å². The molecule has 1 heterocycles. The SMILES string of the molecule is O=[N+]([O-])c1cccc(S(=O)(=O)N[C@@H]2CCNC2)c1. The Morgan fingerprint density at radius 1 is 1.44 bits per heavy atom. The second-order valence-corrected chi connectivity index (χ2v) is 5.78. The fourth-order valence-corrected chi connectivity index (χ4v) is 3.12. The summed E-state index contributed by atoms with van der Waals surface area (Å²) in [5, 5.41) is 13.6. The van der Waals surface area contributed by atoms with E-state index in [-0.39, 0.29) is 16.6 Å². The smallest absolute Gasteiger partial charge is 0.270 e. The Kier molecular flexibility index (Phi) is 3.60. The number of nitrogens with one attached hydrogen (secondary N) is 2. The van der Waals surface area contributed by atoms with Gasteiger partial charge >= 0.3 is 0 Å². The summed E-state index contributed by atoms with van der Waals surface area (Å²) in [6, 6.07) is 4.87. The third-order valence-electron chi connectivity index (χ3n) is 2.72. The van der Waals surface area contributed by atoms with Crippen LogP contribution in [0.15, 0.2) is 29.2 Å². The first-order chi connectivity index (χ1) is 8.49. The molecule has 0 aliphatic carbocycles. The monoisotopic (exact) mass is 271 g/mol. The summed E-state index contributed by atoms with van der Waals surface area (Å²) in [6.45, 7) is 1.34. The number of benzene rings is 1. The van der Waals surface area contributed by atoms with Crippen LogP contribution in [0.25, 0.3) is 0 Å². The molecule has 1 fully saturated rings. The molecule has 8 heteroatoms. The molecule has 0 radical (unpaired) electrons. The predicted octanol–water partition coefficient (Wildman–Crippen LogP) is 0.235. The molecule has 1 aliphatic rings. The van der Waals surface area contributed by atoms with E-state index in [1.54, 1.807) is 0 Å². The van der Waals surface area contributed by atoms with E-state index < -0.39 is 14.9 Å². The van der Waals surface area contributed by atoms with Gasteiger partial charge in [-0.05, 0) is 19.0 Å². The number of nitro groups is 1. The van der Waals surface area contributed by atoms with Crippen LogP contribution < -0.4 is 10.0 Å². The quantitative estimate of drug-likeness (QED) is 0.603. The van der Waals surface area contributed by atoms with Crippen LogP contribution >= 0.6 is 0 Å². The Morgan fingerprint density at radius 3 is 2.83 bits per heavy atom. The van der Waals surface area contributed by atoms with Gasteiger partial charge in [-0.25, -0.2) is 13.1 Å². The molecule has 2 N–H and O–H groups in total. The number of rotatable bonds is 4. The molecule has 7 nitrogen and oxygen atoms in total. The summed E-state index contributed by atoms with van der Waals surface area (Å²) >= 11 is 0. The van der Waals surface area contributed by atoms with E-state index in [0.717, 1.165) is 12.6 Å². The molecule has 1 saturated heterocycles. The highest BCUT2D eigenvalue weighted by molar-refractivity contribution is 7.89. The molecule has 0 unspecified atom stereocenters. The van der Waals surface area contributed by atoms with Crippen molar-refractivity contribution in [1.82, 2.24) is 10.0 Å². The van der Waals surface area contributed by atoms with E-state index in [2.05, 4.69) is 10.0 Å². The van der Waals surface area contributed by atoms with E-state index in [1.807, 2.05) is 0 Å². The van der Waals surface area contributed by atoms with Crippen molar-refractivity contribution in [2.75, 3.05) is 13.1 Å². The second kappa shape index (κ2) is 5.01. The van der Waals surface area contributed by atoms with Crippen LogP contribution in [0.3, 0.4) is 0 Å². The Bertz CT molecular complexity index is 552. The summed E-state index contributed by atoms with van der Waals surface area (Å²) in [5.74, 6) is 0. The van der Waals surface area contributed by atoms with E-state index in [9.17, 15) is 18.5 Å². The Balaban J connectivity index is 2.23. The van der Waals surface area contributed by atoms with Crippen molar-refractivity contribution >= 4 is 15.7 Å². The third-order valence-corrected chi connectivity index (χ3v) is 4.24. The lowest BCUT2D eigenvalue weighted by atomic mass is 10.3. The van der Waals surface area contributed by atoms with Crippen molar-refractivity contribution in [3.63, 3.8) is 0 Å². The van der Waals surface area contributed by atoms with Gasteiger partial charge in [0.25, 0.3) is 5.69 Å². The average Bonchev–Trinajstić information content (AvgIpc) is 2.81. The van der Waals surface area contributed by atoms with Gasteiger partial charge in [0.1, 0.15) is 0 Å². The predicted molar refractivity (Wildman–Crippen MR) is 64.7 cm³/mol. The van der Waals surface area contributed by atoms with Gasteiger partial charge in [-0.3, -0.25) is 10.1 Å². The molecular weight excluding hydrogens is 258 g/mol. The molecule has 1 aromatic rings. The molecule has 0 saturated carbocycles. The van der Waals surface area contributed by atoms with Crippen LogP contribution in [0.5, 0.6) is 0 Å². The topological polar surface area (TPSA) is 101 Å². The largest absolute Gasteiger partial charge is 0.315 e. The van der Waals surface area contributed by atoms with Crippen LogP contribution in [0, 0.1) is 10.1 Å². The molecule has 1 atom stereocenters. The zero-order valence-corrected chi connectivity index (χ0v) is 10.3. The summed E-state index contributed by atoms with van der Waals surface area (Å²) in [5.41, 5.74) is -0.234. The van der Waals surface area contributed by atoms with Crippen molar-refractivity contribution in [2.24, 2.45) is 0 Å². The number of nitrogens with zero attached hydrogens (tertiary/aromatic N) is 1. The lowest BCUT2D eigenvalue weighted by molar-refractivity contribution is -0.385. The maximum absolute atomic E-state index is 12.0. The lowest BCUT2D eigenvalue weighted by Crippen LogP contribution is -2.36. The molecule has 1 aromatic carbocycles. The van der Waals surface area contributed by atoms with Gasteiger partial charge in [0.05, 0.1) is 9.82 Å². The first-order valence-corrected chi connectivity index (χ1v) is 6.95. The van der Waals surface area contributed by atoms with Gasteiger partial charge < -0.3 is 5.32 Å².